The Morgan fingerprint density at radius 1 is 1.19 bits per heavy atom. The van der Waals surface area contributed by atoms with Gasteiger partial charge in [0, 0.05) is 18.8 Å². The Hall–Kier alpha value is -1.95. The van der Waals surface area contributed by atoms with Gasteiger partial charge in [-0.1, -0.05) is 6.07 Å². The maximum atomic E-state index is 12.4. The number of hydrogen-bond donors (Lipinski definition) is 0. The van der Waals surface area contributed by atoms with Crippen molar-refractivity contribution in [1.29, 1.82) is 0 Å². The molecule has 21 heavy (non-hydrogen) atoms. The van der Waals surface area contributed by atoms with Gasteiger partial charge in [-0.3, -0.25) is 9.88 Å². The second-order valence-corrected chi connectivity index (χ2v) is 4.73. The highest BCUT2D eigenvalue weighted by Crippen LogP contribution is 2.23. The van der Waals surface area contributed by atoms with Crippen molar-refractivity contribution in [2.75, 3.05) is 27.3 Å². The lowest BCUT2D eigenvalue weighted by atomic mass is 9.90. The molecular formula is C15H22N2O4. The molecule has 0 N–H and O–H groups in total. The van der Waals surface area contributed by atoms with Gasteiger partial charge in [-0.25, -0.2) is 9.59 Å². The minimum atomic E-state index is -1.50. The van der Waals surface area contributed by atoms with E-state index < -0.39 is 17.5 Å². The lowest BCUT2D eigenvalue weighted by Crippen LogP contribution is -2.60. The minimum absolute atomic E-state index is 0.144. The number of ether oxygens (including phenoxy) is 2. The number of carbonyl (C=O) groups is 2. The molecule has 6 nitrogen and oxygen atoms in total. The molecule has 0 spiro atoms. The van der Waals surface area contributed by atoms with E-state index in [1.165, 1.54) is 4.90 Å². The third-order valence-electron chi connectivity index (χ3n) is 3.17. The van der Waals surface area contributed by atoms with Gasteiger partial charge in [0.2, 0.25) is 5.54 Å². The molecule has 0 fully saturated rings. The first-order chi connectivity index (χ1) is 9.98. The molecule has 1 rings (SSSR count). The van der Waals surface area contributed by atoms with Crippen molar-refractivity contribution in [1.82, 2.24) is 9.88 Å². The number of nitrogens with zero attached hydrogens (tertiary/aromatic N) is 2. The average molecular weight is 294 g/mol. The Morgan fingerprint density at radius 3 is 2.14 bits per heavy atom. The van der Waals surface area contributed by atoms with Crippen LogP contribution in [0, 0.1) is 0 Å². The third-order valence-corrected chi connectivity index (χ3v) is 3.17. The van der Waals surface area contributed by atoms with Crippen LogP contribution in [0.3, 0.4) is 0 Å². The van der Waals surface area contributed by atoms with Gasteiger partial charge in [-0.15, -0.1) is 0 Å². The molecule has 0 bridgehead atoms. The van der Waals surface area contributed by atoms with E-state index in [2.05, 4.69) is 4.98 Å². The number of esters is 2. The monoisotopic (exact) mass is 294 g/mol. The summed E-state index contributed by atoms with van der Waals surface area (Å²) in [4.78, 5) is 30.4. The van der Waals surface area contributed by atoms with Crippen molar-refractivity contribution in [3.63, 3.8) is 0 Å². The zero-order chi connectivity index (χ0) is 15.9. The standard InChI is InChI=1S/C15H22N2O4/c1-5-20-13(18)15(17(3)4,14(19)21-6-2)10-12-8-7-9-16-11-12/h7-9,11H,5-6,10H2,1-4H3. The molecule has 0 unspecified atom stereocenters. The predicted octanol–water partition coefficient (Wildman–Crippen LogP) is 1.05. The first-order valence-electron chi connectivity index (χ1n) is 6.89. The Balaban J connectivity index is 3.23. The average Bonchev–Trinajstić information content (AvgIpc) is 2.45. The first kappa shape index (κ1) is 17.1. The summed E-state index contributed by atoms with van der Waals surface area (Å²) in [7, 11) is 3.31. The smallest absolute Gasteiger partial charge is 0.338 e. The van der Waals surface area contributed by atoms with Gasteiger partial charge in [0.15, 0.2) is 0 Å². The molecule has 0 saturated carbocycles. The van der Waals surface area contributed by atoms with E-state index in [-0.39, 0.29) is 19.6 Å². The van der Waals surface area contributed by atoms with Crippen LogP contribution in [0.15, 0.2) is 24.5 Å². The normalized spacial score (nSPS) is 11.3. The number of aromatic nitrogens is 1. The van der Waals surface area contributed by atoms with Crippen molar-refractivity contribution < 1.29 is 19.1 Å². The van der Waals surface area contributed by atoms with E-state index in [1.54, 1.807) is 46.4 Å². The lowest BCUT2D eigenvalue weighted by Gasteiger charge is -2.34. The largest absolute Gasteiger partial charge is 0.464 e. The Kier molecular flexibility index (Phi) is 6.30. The topological polar surface area (TPSA) is 68.7 Å². The molecule has 1 heterocycles. The van der Waals surface area contributed by atoms with Gasteiger partial charge in [0.1, 0.15) is 0 Å². The second kappa shape index (κ2) is 7.73. The predicted molar refractivity (Wildman–Crippen MR) is 77.6 cm³/mol. The van der Waals surface area contributed by atoms with Crippen LogP contribution in [0.5, 0.6) is 0 Å². The minimum Gasteiger partial charge on any atom is -0.464 e. The summed E-state index contributed by atoms with van der Waals surface area (Å²) >= 11 is 0. The summed E-state index contributed by atoms with van der Waals surface area (Å²) in [6.07, 6.45) is 3.40. The van der Waals surface area contributed by atoms with Gasteiger partial charge >= 0.3 is 11.9 Å². The highest BCUT2D eigenvalue weighted by Gasteiger charge is 2.51. The van der Waals surface area contributed by atoms with E-state index in [0.717, 1.165) is 5.56 Å². The van der Waals surface area contributed by atoms with Gasteiger partial charge < -0.3 is 9.47 Å². The summed E-state index contributed by atoms with van der Waals surface area (Å²) in [5, 5.41) is 0. The van der Waals surface area contributed by atoms with Crippen LogP contribution < -0.4 is 0 Å². The molecule has 0 aliphatic heterocycles. The molecular weight excluding hydrogens is 272 g/mol. The van der Waals surface area contributed by atoms with Gasteiger partial charge in [0.25, 0.3) is 0 Å². The van der Waals surface area contributed by atoms with E-state index in [0.29, 0.717) is 0 Å². The molecule has 0 amide bonds. The zero-order valence-electron chi connectivity index (χ0n) is 13.0. The molecule has 0 radical (unpaired) electrons. The van der Waals surface area contributed by atoms with E-state index >= 15 is 0 Å². The summed E-state index contributed by atoms with van der Waals surface area (Å²) in [5.74, 6) is -1.23. The number of hydrogen-bond acceptors (Lipinski definition) is 6. The van der Waals surface area contributed by atoms with Gasteiger partial charge in [-0.2, -0.15) is 0 Å². The van der Waals surface area contributed by atoms with E-state index in [1.807, 2.05) is 6.07 Å². The highest BCUT2D eigenvalue weighted by atomic mass is 16.6. The van der Waals surface area contributed by atoms with Crippen molar-refractivity contribution in [3.05, 3.63) is 30.1 Å². The van der Waals surface area contributed by atoms with Gasteiger partial charge in [0.05, 0.1) is 13.2 Å². The summed E-state index contributed by atoms with van der Waals surface area (Å²) in [6.45, 7) is 3.79. The molecule has 1 aromatic rings. The molecule has 0 atom stereocenters. The summed E-state index contributed by atoms with van der Waals surface area (Å²) in [5.41, 5.74) is -0.748. The van der Waals surface area contributed by atoms with Crippen LogP contribution in [0.2, 0.25) is 0 Å². The maximum absolute atomic E-state index is 12.4. The molecule has 0 aliphatic carbocycles. The number of rotatable bonds is 7. The van der Waals surface area contributed by atoms with E-state index in [4.69, 9.17) is 9.47 Å². The zero-order valence-corrected chi connectivity index (χ0v) is 13.0. The molecule has 116 valence electrons. The fourth-order valence-corrected chi connectivity index (χ4v) is 2.05. The Morgan fingerprint density at radius 2 is 1.76 bits per heavy atom. The van der Waals surface area contributed by atoms with Crippen molar-refractivity contribution in [3.8, 4) is 0 Å². The molecule has 0 aromatic carbocycles. The number of pyridine rings is 1. The van der Waals surface area contributed by atoms with Crippen LogP contribution in [-0.2, 0) is 25.5 Å². The van der Waals surface area contributed by atoms with Crippen molar-refractivity contribution >= 4 is 11.9 Å². The van der Waals surface area contributed by atoms with Crippen LogP contribution in [0.25, 0.3) is 0 Å². The Labute approximate surface area is 125 Å². The highest BCUT2D eigenvalue weighted by molar-refractivity contribution is 6.05. The van der Waals surface area contributed by atoms with Crippen LogP contribution in [-0.4, -0.2) is 54.7 Å². The van der Waals surface area contributed by atoms with Crippen LogP contribution in [0.4, 0.5) is 0 Å². The Bertz CT molecular complexity index is 456. The van der Waals surface area contributed by atoms with Crippen LogP contribution in [0.1, 0.15) is 19.4 Å². The quantitative estimate of drug-likeness (QED) is 0.553. The molecule has 6 heteroatoms. The molecule has 0 saturated heterocycles. The van der Waals surface area contributed by atoms with Crippen molar-refractivity contribution in [2.45, 2.75) is 25.8 Å². The fourth-order valence-electron chi connectivity index (χ4n) is 2.05. The first-order valence-corrected chi connectivity index (χ1v) is 6.89. The second-order valence-electron chi connectivity index (χ2n) is 4.73. The van der Waals surface area contributed by atoms with E-state index in [9.17, 15) is 9.59 Å². The van der Waals surface area contributed by atoms with Crippen LogP contribution >= 0.6 is 0 Å². The lowest BCUT2D eigenvalue weighted by molar-refractivity contribution is -0.173. The van der Waals surface area contributed by atoms with Crippen molar-refractivity contribution in [2.24, 2.45) is 0 Å². The molecule has 0 aliphatic rings. The maximum Gasteiger partial charge on any atom is 0.338 e. The number of carbonyl (C=O) groups excluding carboxylic acids is 2. The summed E-state index contributed by atoms with van der Waals surface area (Å²) in [6, 6.07) is 3.57. The SMILES string of the molecule is CCOC(=O)C(Cc1cccnc1)(C(=O)OCC)N(C)C. The molecule has 1 aromatic heterocycles. The summed E-state index contributed by atoms with van der Waals surface area (Å²) < 4.78 is 10.2. The third kappa shape index (κ3) is 3.78. The number of likely N-dealkylation sites (N-methyl/N-ethyl adjacent to an activating group) is 1. The fraction of sp³-hybridized carbons (Fsp3) is 0.533. The van der Waals surface area contributed by atoms with Gasteiger partial charge in [-0.05, 0) is 39.6 Å².